The molecule has 0 spiro atoms. The number of amides is 2. The van der Waals surface area contributed by atoms with E-state index in [0.29, 0.717) is 35.7 Å². The minimum absolute atomic E-state index is 0.0394. The second kappa shape index (κ2) is 10.4. The van der Waals surface area contributed by atoms with Gasteiger partial charge in [-0.3, -0.25) is 9.59 Å². The van der Waals surface area contributed by atoms with Crippen LogP contribution in [0.1, 0.15) is 40.1 Å². The zero-order valence-electron chi connectivity index (χ0n) is 17.6. The summed E-state index contributed by atoms with van der Waals surface area (Å²) < 4.78 is 18.8. The Labute approximate surface area is 181 Å². The lowest BCUT2D eigenvalue weighted by Crippen LogP contribution is -2.30. The number of benzene rings is 3. The van der Waals surface area contributed by atoms with E-state index < -0.39 is 0 Å². The summed E-state index contributed by atoms with van der Waals surface area (Å²) >= 11 is 0. The van der Waals surface area contributed by atoms with E-state index >= 15 is 0 Å². The number of hydrogen-bond acceptors (Lipinski definition) is 3. The van der Waals surface area contributed by atoms with Crippen molar-refractivity contribution in [2.45, 2.75) is 20.5 Å². The Morgan fingerprint density at radius 2 is 1.55 bits per heavy atom. The highest BCUT2D eigenvalue weighted by atomic mass is 19.1. The van der Waals surface area contributed by atoms with Crippen molar-refractivity contribution in [1.82, 2.24) is 4.90 Å². The third kappa shape index (κ3) is 5.69. The van der Waals surface area contributed by atoms with Crippen LogP contribution in [0.3, 0.4) is 0 Å². The molecule has 0 atom stereocenters. The van der Waals surface area contributed by atoms with Crippen LogP contribution < -0.4 is 10.1 Å². The SMILES string of the molecule is CCN(CC)C(=O)c1ccc(NC(=O)c2ccccc2OCc2ccc(F)cc2)cc1. The molecule has 160 valence electrons. The van der Waals surface area contributed by atoms with Crippen molar-refractivity contribution in [3.8, 4) is 5.75 Å². The van der Waals surface area contributed by atoms with Gasteiger partial charge in [0.25, 0.3) is 11.8 Å². The molecule has 6 heteroatoms. The molecular formula is C25H25FN2O3. The normalized spacial score (nSPS) is 10.4. The average molecular weight is 420 g/mol. The number of carbonyl (C=O) groups is 2. The third-order valence-corrected chi connectivity index (χ3v) is 4.88. The number of ether oxygens (including phenoxy) is 1. The molecule has 5 nitrogen and oxygen atoms in total. The van der Waals surface area contributed by atoms with Gasteiger partial charge in [-0.2, -0.15) is 0 Å². The van der Waals surface area contributed by atoms with Crippen LogP contribution in [-0.2, 0) is 6.61 Å². The van der Waals surface area contributed by atoms with Gasteiger partial charge in [-0.25, -0.2) is 4.39 Å². The second-order valence-corrected chi connectivity index (χ2v) is 6.92. The predicted molar refractivity (Wildman–Crippen MR) is 119 cm³/mol. The lowest BCUT2D eigenvalue weighted by atomic mass is 10.1. The number of anilines is 1. The Morgan fingerprint density at radius 1 is 0.903 bits per heavy atom. The molecule has 0 unspecified atom stereocenters. The van der Waals surface area contributed by atoms with Gasteiger partial charge in [-0.05, 0) is 67.9 Å². The first-order valence-corrected chi connectivity index (χ1v) is 10.2. The summed E-state index contributed by atoms with van der Waals surface area (Å²) in [5.41, 5.74) is 2.33. The number of carbonyl (C=O) groups excluding carboxylic acids is 2. The molecule has 3 aromatic rings. The van der Waals surface area contributed by atoms with Gasteiger partial charge in [0.2, 0.25) is 0 Å². The van der Waals surface area contributed by atoms with Gasteiger partial charge in [-0.15, -0.1) is 0 Å². The summed E-state index contributed by atoms with van der Waals surface area (Å²) in [7, 11) is 0. The topological polar surface area (TPSA) is 58.6 Å². The lowest BCUT2D eigenvalue weighted by molar-refractivity contribution is 0.0773. The van der Waals surface area contributed by atoms with Crippen molar-refractivity contribution in [2.75, 3.05) is 18.4 Å². The van der Waals surface area contributed by atoms with Gasteiger partial charge in [0.1, 0.15) is 18.2 Å². The van der Waals surface area contributed by atoms with Crippen molar-refractivity contribution in [3.05, 3.63) is 95.3 Å². The Balaban J connectivity index is 1.68. The molecular weight excluding hydrogens is 395 g/mol. The molecule has 0 saturated heterocycles. The van der Waals surface area contributed by atoms with E-state index in [1.54, 1.807) is 65.6 Å². The third-order valence-electron chi connectivity index (χ3n) is 4.88. The zero-order valence-corrected chi connectivity index (χ0v) is 17.6. The molecule has 0 aromatic heterocycles. The molecule has 1 N–H and O–H groups in total. The molecule has 31 heavy (non-hydrogen) atoms. The number of rotatable bonds is 8. The van der Waals surface area contributed by atoms with E-state index in [1.165, 1.54) is 12.1 Å². The van der Waals surface area contributed by atoms with Crippen LogP contribution in [0.15, 0.2) is 72.8 Å². The van der Waals surface area contributed by atoms with Crippen LogP contribution in [0.4, 0.5) is 10.1 Å². The maximum absolute atomic E-state index is 13.1. The fourth-order valence-electron chi connectivity index (χ4n) is 3.11. The van der Waals surface area contributed by atoms with Crippen LogP contribution in [0.5, 0.6) is 5.75 Å². The summed E-state index contributed by atoms with van der Waals surface area (Å²) in [5.74, 6) is -0.244. The van der Waals surface area contributed by atoms with Gasteiger partial charge in [0.05, 0.1) is 5.56 Å². The highest BCUT2D eigenvalue weighted by molar-refractivity contribution is 6.06. The first kappa shape index (κ1) is 22.0. The summed E-state index contributed by atoms with van der Waals surface area (Å²) in [4.78, 5) is 26.9. The predicted octanol–water partition coefficient (Wildman–Crippen LogP) is 5.14. The number of halogens is 1. The van der Waals surface area contributed by atoms with E-state index in [0.717, 1.165) is 5.56 Å². The van der Waals surface area contributed by atoms with Crippen LogP contribution >= 0.6 is 0 Å². The van der Waals surface area contributed by atoms with Gasteiger partial charge >= 0.3 is 0 Å². The molecule has 0 heterocycles. The van der Waals surface area contributed by atoms with Crippen LogP contribution in [0.25, 0.3) is 0 Å². The van der Waals surface area contributed by atoms with Gasteiger partial charge in [-0.1, -0.05) is 24.3 Å². The zero-order chi connectivity index (χ0) is 22.2. The molecule has 0 bridgehead atoms. The van der Waals surface area contributed by atoms with E-state index in [1.807, 2.05) is 13.8 Å². The van der Waals surface area contributed by atoms with Crippen molar-refractivity contribution >= 4 is 17.5 Å². The minimum atomic E-state index is -0.322. The Morgan fingerprint density at radius 3 is 2.19 bits per heavy atom. The van der Waals surface area contributed by atoms with Crippen molar-refractivity contribution in [1.29, 1.82) is 0 Å². The maximum Gasteiger partial charge on any atom is 0.259 e. The fraction of sp³-hybridized carbons (Fsp3) is 0.200. The molecule has 0 fully saturated rings. The highest BCUT2D eigenvalue weighted by Crippen LogP contribution is 2.21. The van der Waals surface area contributed by atoms with Crippen molar-refractivity contribution in [2.24, 2.45) is 0 Å². The van der Waals surface area contributed by atoms with Crippen molar-refractivity contribution in [3.63, 3.8) is 0 Å². The monoisotopic (exact) mass is 420 g/mol. The van der Waals surface area contributed by atoms with E-state index in [9.17, 15) is 14.0 Å². The molecule has 0 aliphatic rings. The maximum atomic E-state index is 13.1. The number of para-hydroxylation sites is 1. The lowest BCUT2D eigenvalue weighted by Gasteiger charge is -2.18. The van der Waals surface area contributed by atoms with E-state index in [4.69, 9.17) is 4.74 Å². The molecule has 2 amide bonds. The molecule has 3 rings (SSSR count). The number of nitrogens with zero attached hydrogens (tertiary/aromatic N) is 1. The first-order chi connectivity index (χ1) is 15.0. The minimum Gasteiger partial charge on any atom is -0.488 e. The Hall–Kier alpha value is -3.67. The average Bonchev–Trinajstić information content (AvgIpc) is 2.80. The summed E-state index contributed by atoms with van der Waals surface area (Å²) in [6.07, 6.45) is 0. The van der Waals surface area contributed by atoms with Crippen LogP contribution in [0.2, 0.25) is 0 Å². The summed E-state index contributed by atoms with van der Waals surface area (Å²) in [6, 6.07) is 19.7. The van der Waals surface area contributed by atoms with Gasteiger partial charge < -0.3 is 15.0 Å². The molecule has 0 aliphatic carbocycles. The van der Waals surface area contributed by atoms with E-state index in [-0.39, 0.29) is 24.2 Å². The summed E-state index contributed by atoms with van der Waals surface area (Å²) in [5, 5.41) is 2.83. The Kier molecular flexibility index (Phi) is 7.38. The second-order valence-electron chi connectivity index (χ2n) is 6.92. The van der Waals surface area contributed by atoms with Crippen LogP contribution in [-0.4, -0.2) is 29.8 Å². The van der Waals surface area contributed by atoms with Gasteiger partial charge in [0, 0.05) is 24.3 Å². The number of hydrogen-bond donors (Lipinski definition) is 1. The first-order valence-electron chi connectivity index (χ1n) is 10.2. The molecule has 3 aromatic carbocycles. The number of nitrogens with one attached hydrogen (secondary N) is 1. The molecule has 0 aliphatic heterocycles. The van der Waals surface area contributed by atoms with Crippen molar-refractivity contribution < 1.29 is 18.7 Å². The summed E-state index contributed by atoms with van der Waals surface area (Å²) in [6.45, 7) is 5.37. The highest BCUT2D eigenvalue weighted by Gasteiger charge is 2.15. The quantitative estimate of drug-likeness (QED) is 0.549. The molecule has 0 radical (unpaired) electrons. The van der Waals surface area contributed by atoms with Crippen LogP contribution in [0, 0.1) is 5.82 Å². The van der Waals surface area contributed by atoms with E-state index in [2.05, 4.69) is 5.32 Å². The largest absolute Gasteiger partial charge is 0.488 e. The van der Waals surface area contributed by atoms with Gasteiger partial charge in [0.15, 0.2) is 0 Å². The fourth-order valence-corrected chi connectivity index (χ4v) is 3.11. The Bertz CT molecular complexity index is 1030. The molecule has 0 saturated carbocycles. The smallest absolute Gasteiger partial charge is 0.259 e. The standard InChI is InChI=1S/C25H25FN2O3/c1-3-28(4-2)25(30)19-11-15-21(16-12-19)27-24(29)22-7-5-6-8-23(22)31-17-18-9-13-20(26)14-10-18/h5-16H,3-4,17H2,1-2H3,(H,27,29).